The van der Waals surface area contributed by atoms with Crippen molar-refractivity contribution in [3.63, 3.8) is 0 Å². The Kier molecular flexibility index (Phi) is 3.50. The molecule has 1 aliphatic rings. The monoisotopic (exact) mass is 329 g/mol. The zero-order valence-corrected chi connectivity index (χ0v) is 13.5. The van der Waals surface area contributed by atoms with Crippen LogP contribution in [0.4, 0.5) is 9.52 Å². The topological polar surface area (TPSA) is 45.2 Å². The Labute approximate surface area is 136 Å². The lowest BCUT2D eigenvalue weighted by Crippen LogP contribution is -2.25. The van der Waals surface area contributed by atoms with E-state index in [2.05, 4.69) is 15.2 Å². The molecule has 118 valence electrons. The van der Waals surface area contributed by atoms with E-state index in [-0.39, 0.29) is 17.6 Å². The highest BCUT2D eigenvalue weighted by Gasteiger charge is 2.26. The van der Waals surface area contributed by atoms with Crippen LogP contribution in [0.5, 0.6) is 0 Å². The predicted molar refractivity (Wildman–Crippen MR) is 91.3 cm³/mol. The number of likely N-dealkylation sites (tertiary alicyclic amines) is 1. The molecule has 1 atom stereocenters. The molecule has 1 N–H and O–H groups in total. The van der Waals surface area contributed by atoms with Gasteiger partial charge in [0.15, 0.2) is 5.13 Å². The zero-order chi connectivity index (χ0) is 16.0. The summed E-state index contributed by atoms with van der Waals surface area (Å²) in [6, 6.07) is 8.46. The van der Waals surface area contributed by atoms with E-state index >= 15 is 0 Å². The SMILES string of the molecule is CN1CCC(C(=O)Nc2nc3ccc4cc(F)ccc4c3s2)C1. The molecule has 0 bridgehead atoms. The standard InChI is InChI=1S/C17H16FN3OS/c1-21-7-6-11(9-21)16(22)20-17-19-14-5-2-10-8-12(18)3-4-13(10)15(14)23-17/h2-5,8,11H,6-7,9H2,1H3,(H,19,20,22). The Hall–Kier alpha value is -2.05. The molecule has 4 nitrogen and oxygen atoms in total. The van der Waals surface area contributed by atoms with Crippen LogP contribution in [-0.4, -0.2) is 35.9 Å². The molecule has 0 radical (unpaired) electrons. The van der Waals surface area contributed by atoms with Crippen LogP contribution in [0.3, 0.4) is 0 Å². The Morgan fingerprint density at radius 1 is 1.39 bits per heavy atom. The van der Waals surface area contributed by atoms with Gasteiger partial charge >= 0.3 is 0 Å². The third-order valence-corrected chi connectivity index (χ3v) is 5.34. The highest BCUT2D eigenvalue weighted by atomic mass is 32.1. The summed E-state index contributed by atoms with van der Waals surface area (Å²) in [5, 5.41) is 5.35. The second-order valence-electron chi connectivity index (χ2n) is 6.04. The molecule has 0 spiro atoms. The maximum atomic E-state index is 13.3. The molecule has 3 aromatic rings. The molecule has 0 saturated carbocycles. The number of rotatable bonds is 2. The summed E-state index contributed by atoms with van der Waals surface area (Å²) in [5.41, 5.74) is 0.827. The van der Waals surface area contributed by atoms with Crippen molar-refractivity contribution >= 4 is 43.4 Å². The van der Waals surface area contributed by atoms with Gasteiger partial charge in [0.05, 0.1) is 16.1 Å². The van der Waals surface area contributed by atoms with Gasteiger partial charge in [-0.15, -0.1) is 0 Å². The molecule has 2 aromatic carbocycles. The summed E-state index contributed by atoms with van der Waals surface area (Å²) in [6.45, 7) is 1.74. The van der Waals surface area contributed by atoms with Crippen LogP contribution in [0.25, 0.3) is 21.0 Å². The number of halogens is 1. The molecular weight excluding hydrogens is 313 g/mol. The number of hydrogen-bond acceptors (Lipinski definition) is 4. The normalized spacial score (nSPS) is 18.8. The Morgan fingerprint density at radius 3 is 3.04 bits per heavy atom. The largest absolute Gasteiger partial charge is 0.306 e. The highest BCUT2D eigenvalue weighted by Crippen LogP contribution is 2.33. The first-order valence-electron chi connectivity index (χ1n) is 7.58. The minimum absolute atomic E-state index is 0.0258. The first-order valence-corrected chi connectivity index (χ1v) is 8.40. The molecular formula is C17H16FN3OS. The number of carbonyl (C=O) groups excluding carboxylic acids is 1. The Balaban J connectivity index is 1.66. The number of nitrogens with zero attached hydrogens (tertiary/aromatic N) is 2. The van der Waals surface area contributed by atoms with Crippen LogP contribution in [0.1, 0.15) is 6.42 Å². The van der Waals surface area contributed by atoms with E-state index in [9.17, 15) is 9.18 Å². The first kappa shape index (κ1) is 14.5. The van der Waals surface area contributed by atoms with Crippen LogP contribution in [0.2, 0.25) is 0 Å². The number of hydrogen-bond donors (Lipinski definition) is 1. The summed E-state index contributed by atoms with van der Waals surface area (Å²) < 4.78 is 14.3. The minimum atomic E-state index is -0.250. The molecule has 1 unspecified atom stereocenters. The third-order valence-electron chi connectivity index (χ3n) is 4.32. The van der Waals surface area contributed by atoms with Gasteiger partial charge in [-0.1, -0.05) is 17.4 Å². The van der Waals surface area contributed by atoms with E-state index in [1.807, 2.05) is 19.2 Å². The second-order valence-corrected chi connectivity index (χ2v) is 7.03. The van der Waals surface area contributed by atoms with Crippen LogP contribution in [0, 0.1) is 11.7 Å². The molecule has 2 heterocycles. The number of aromatic nitrogens is 1. The van der Waals surface area contributed by atoms with Gasteiger partial charge in [-0.25, -0.2) is 9.37 Å². The quantitative estimate of drug-likeness (QED) is 0.783. The maximum Gasteiger partial charge on any atom is 0.230 e. The number of amides is 1. The van der Waals surface area contributed by atoms with Crippen molar-refractivity contribution in [3.05, 3.63) is 36.1 Å². The van der Waals surface area contributed by atoms with Gasteiger partial charge in [-0.3, -0.25) is 4.79 Å². The fourth-order valence-corrected chi connectivity index (χ4v) is 4.10. The summed E-state index contributed by atoms with van der Waals surface area (Å²) in [7, 11) is 2.02. The molecule has 1 aliphatic heterocycles. The zero-order valence-electron chi connectivity index (χ0n) is 12.7. The molecule has 1 amide bonds. The van der Waals surface area contributed by atoms with Crippen molar-refractivity contribution < 1.29 is 9.18 Å². The van der Waals surface area contributed by atoms with E-state index in [1.54, 1.807) is 6.07 Å². The van der Waals surface area contributed by atoms with E-state index in [1.165, 1.54) is 23.5 Å². The summed E-state index contributed by atoms with van der Waals surface area (Å²) in [5.74, 6) is -0.193. The lowest BCUT2D eigenvalue weighted by Gasteiger charge is -2.09. The maximum absolute atomic E-state index is 13.3. The number of anilines is 1. The van der Waals surface area contributed by atoms with E-state index in [0.717, 1.165) is 40.5 Å². The van der Waals surface area contributed by atoms with Gasteiger partial charge < -0.3 is 10.2 Å². The van der Waals surface area contributed by atoms with Crippen molar-refractivity contribution in [2.24, 2.45) is 5.92 Å². The fraction of sp³-hybridized carbons (Fsp3) is 0.294. The molecule has 1 aromatic heterocycles. The van der Waals surface area contributed by atoms with Gasteiger partial charge in [0, 0.05) is 11.9 Å². The number of fused-ring (bicyclic) bond motifs is 3. The molecule has 6 heteroatoms. The Morgan fingerprint density at radius 2 is 2.26 bits per heavy atom. The van der Waals surface area contributed by atoms with Crippen molar-refractivity contribution in [3.8, 4) is 0 Å². The Bertz CT molecular complexity index is 907. The van der Waals surface area contributed by atoms with Crippen molar-refractivity contribution in [2.45, 2.75) is 6.42 Å². The lowest BCUT2D eigenvalue weighted by atomic mass is 10.1. The van der Waals surface area contributed by atoms with Gasteiger partial charge in [0.2, 0.25) is 5.91 Å². The molecule has 23 heavy (non-hydrogen) atoms. The summed E-state index contributed by atoms with van der Waals surface area (Å²) >= 11 is 1.44. The molecule has 0 aliphatic carbocycles. The van der Waals surface area contributed by atoms with Crippen LogP contribution in [-0.2, 0) is 4.79 Å². The average Bonchev–Trinajstić information content (AvgIpc) is 3.12. The first-order chi connectivity index (χ1) is 11.1. The van der Waals surface area contributed by atoms with E-state index < -0.39 is 0 Å². The lowest BCUT2D eigenvalue weighted by molar-refractivity contribution is -0.119. The smallest absolute Gasteiger partial charge is 0.230 e. The van der Waals surface area contributed by atoms with Gasteiger partial charge in [-0.05, 0) is 49.7 Å². The molecule has 4 rings (SSSR count). The highest BCUT2D eigenvalue weighted by molar-refractivity contribution is 7.23. The second kappa shape index (κ2) is 5.54. The number of carbonyl (C=O) groups is 1. The predicted octanol–water partition coefficient (Wildman–Crippen LogP) is 3.48. The number of benzene rings is 2. The van der Waals surface area contributed by atoms with Crippen LogP contribution < -0.4 is 5.32 Å². The van der Waals surface area contributed by atoms with Crippen molar-refractivity contribution in [2.75, 3.05) is 25.5 Å². The van der Waals surface area contributed by atoms with E-state index in [4.69, 9.17) is 0 Å². The van der Waals surface area contributed by atoms with Crippen LogP contribution >= 0.6 is 11.3 Å². The average molecular weight is 329 g/mol. The summed E-state index contributed by atoms with van der Waals surface area (Å²) in [6.07, 6.45) is 0.884. The van der Waals surface area contributed by atoms with Crippen molar-refractivity contribution in [1.82, 2.24) is 9.88 Å². The van der Waals surface area contributed by atoms with Gasteiger partial charge in [0.1, 0.15) is 5.82 Å². The number of thiazole rings is 1. The number of nitrogens with one attached hydrogen (secondary N) is 1. The third kappa shape index (κ3) is 2.68. The van der Waals surface area contributed by atoms with E-state index in [0.29, 0.717) is 5.13 Å². The van der Waals surface area contributed by atoms with Crippen LogP contribution in [0.15, 0.2) is 30.3 Å². The molecule has 1 saturated heterocycles. The molecule has 1 fully saturated rings. The van der Waals surface area contributed by atoms with Gasteiger partial charge in [0.25, 0.3) is 0 Å². The van der Waals surface area contributed by atoms with Crippen molar-refractivity contribution in [1.29, 1.82) is 0 Å². The summed E-state index contributed by atoms with van der Waals surface area (Å²) in [4.78, 5) is 19.0. The fourth-order valence-electron chi connectivity index (χ4n) is 3.09. The van der Waals surface area contributed by atoms with Gasteiger partial charge in [-0.2, -0.15) is 0 Å². The minimum Gasteiger partial charge on any atom is -0.306 e.